The molecule has 0 radical (unpaired) electrons. The number of aromatic nitrogens is 1. The third-order valence-electron chi connectivity index (χ3n) is 3.40. The first-order valence-corrected chi connectivity index (χ1v) is 8.21. The highest BCUT2D eigenvalue weighted by molar-refractivity contribution is 7.18. The van der Waals surface area contributed by atoms with E-state index in [-0.39, 0.29) is 6.04 Å². The molecule has 2 aromatic carbocycles. The van der Waals surface area contributed by atoms with Gasteiger partial charge in [-0.15, -0.1) is 11.3 Å². The number of rotatable bonds is 4. The largest absolute Gasteiger partial charge is 0.313 e. The lowest BCUT2D eigenvalue weighted by molar-refractivity contribution is 0.591. The summed E-state index contributed by atoms with van der Waals surface area (Å²) in [6.45, 7) is 0. The molecule has 0 amide bonds. The quantitative estimate of drug-likeness (QED) is 0.716. The van der Waals surface area contributed by atoms with Gasteiger partial charge in [-0.2, -0.15) is 0 Å². The van der Waals surface area contributed by atoms with Gasteiger partial charge in [0.15, 0.2) is 0 Å². The average molecular weight is 337 g/mol. The Kier molecular flexibility index (Phi) is 4.45. The van der Waals surface area contributed by atoms with E-state index in [0.717, 1.165) is 27.5 Å². The molecule has 3 rings (SSSR count). The molecule has 1 aromatic heterocycles. The van der Waals surface area contributed by atoms with E-state index < -0.39 is 0 Å². The standard InChI is InChI=1S/C16H14Cl2N2S/c1-19-14(11-8-10(17)6-7-12(11)18)9-16-20-13-4-2-3-5-15(13)21-16/h2-8,14,19H,9H2,1H3. The van der Waals surface area contributed by atoms with Crippen LogP contribution >= 0.6 is 34.5 Å². The van der Waals surface area contributed by atoms with Gasteiger partial charge in [-0.25, -0.2) is 4.98 Å². The van der Waals surface area contributed by atoms with Gasteiger partial charge < -0.3 is 5.32 Å². The molecule has 0 aliphatic rings. The third kappa shape index (κ3) is 3.22. The van der Waals surface area contributed by atoms with E-state index in [4.69, 9.17) is 23.2 Å². The Morgan fingerprint density at radius 1 is 1.19 bits per heavy atom. The van der Waals surface area contributed by atoms with E-state index >= 15 is 0 Å². The maximum Gasteiger partial charge on any atom is 0.0957 e. The Morgan fingerprint density at radius 2 is 2.00 bits per heavy atom. The summed E-state index contributed by atoms with van der Waals surface area (Å²) in [5.41, 5.74) is 2.05. The first kappa shape index (κ1) is 14.8. The number of fused-ring (bicyclic) bond motifs is 1. The predicted molar refractivity (Wildman–Crippen MR) is 91.6 cm³/mol. The number of para-hydroxylation sites is 1. The monoisotopic (exact) mass is 336 g/mol. The number of thiazole rings is 1. The molecule has 1 unspecified atom stereocenters. The number of nitrogens with zero attached hydrogens (tertiary/aromatic N) is 1. The zero-order chi connectivity index (χ0) is 14.8. The van der Waals surface area contributed by atoms with E-state index in [1.54, 1.807) is 17.4 Å². The van der Waals surface area contributed by atoms with Crippen LogP contribution in [-0.4, -0.2) is 12.0 Å². The second-order valence-electron chi connectivity index (χ2n) is 4.79. The summed E-state index contributed by atoms with van der Waals surface area (Å²) in [4.78, 5) is 4.68. The molecular weight excluding hydrogens is 323 g/mol. The normalized spacial score (nSPS) is 12.7. The van der Waals surface area contributed by atoms with Crippen molar-refractivity contribution < 1.29 is 0 Å². The van der Waals surface area contributed by atoms with Crippen LogP contribution in [0.1, 0.15) is 16.6 Å². The van der Waals surface area contributed by atoms with Crippen molar-refractivity contribution >= 4 is 44.8 Å². The summed E-state index contributed by atoms with van der Waals surface area (Å²) < 4.78 is 1.21. The zero-order valence-corrected chi connectivity index (χ0v) is 13.8. The van der Waals surface area contributed by atoms with Crippen molar-refractivity contribution in [3.63, 3.8) is 0 Å². The fourth-order valence-corrected chi connectivity index (χ4v) is 3.77. The average Bonchev–Trinajstić information content (AvgIpc) is 2.90. The first-order chi connectivity index (χ1) is 10.2. The van der Waals surface area contributed by atoms with Crippen molar-refractivity contribution in [3.8, 4) is 0 Å². The van der Waals surface area contributed by atoms with Crippen LogP contribution in [0.5, 0.6) is 0 Å². The SMILES string of the molecule is CNC(Cc1nc2ccccc2s1)c1cc(Cl)ccc1Cl. The molecule has 0 bridgehead atoms. The number of benzene rings is 2. The first-order valence-electron chi connectivity index (χ1n) is 6.64. The van der Waals surface area contributed by atoms with Crippen molar-refractivity contribution in [2.75, 3.05) is 7.05 Å². The van der Waals surface area contributed by atoms with Crippen molar-refractivity contribution in [2.45, 2.75) is 12.5 Å². The maximum atomic E-state index is 6.30. The Morgan fingerprint density at radius 3 is 2.76 bits per heavy atom. The molecule has 0 saturated heterocycles. The van der Waals surface area contributed by atoms with Gasteiger partial charge in [0.05, 0.1) is 15.2 Å². The molecule has 0 fully saturated rings. The summed E-state index contributed by atoms with van der Waals surface area (Å²) in [5.74, 6) is 0. The molecule has 0 saturated carbocycles. The molecule has 1 atom stereocenters. The third-order valence-corrected chi connectivity index (χ3v) is 5.04. The number of hydrogen-bond acceptors (Lipinski definition) is 3. The highest BCUT2D eigenvalue weighted by Gasteiger charge is 2.16. The second-order valence-corrected chi connectivity index (χ2v) is 6.75. The van der Waals surface area contributed by atoms with Crippen LogP contribution < -0.4 is 5.32 Å². The van der Waals surface area contributed by atoms with Gasteiger partial charge >= 0.3 is 0 Å². The minimum absolute atomic E-state index is 0.0942. The molecule has 1 N–H and O–H groups in total. The topological polar surface area (TPSA) is 24.9 Å². The van der Waals surface area contributed by atoms with Gasteiger partial charge in [-0.3, -0.25) is 0 Å². The van der Waals surface area contributed by atoms with Crippen LogP contribution in [0.4, 0.5) is 0 Å². The van der Waals surface area contributed by atoms with Gasteiger partial charge in [-0.05, 0) is 42.9 Å². The summed E-state index contributed by atoms with van der Waals surface area (Å²) in [6.07, 6.45) is 0.788. The lowest BCUT2D eigenvalue weighted by atomic mass is 10.0. The number of hydrogen-bond donors (Lipinski definition) is 1. The van der Waals surface area contributed by atoms with Gasteiger partial charge in [0, 0.05) is 22.5 Å². The Hall–Kier alpha value is -1.13. The van der Waals surface area contributed by atoms with E-state index in [0.29, 0.717) is 5.02 Å². The highest BCUT2D eigenvalue weighted by atomic mass is 35.5. The van der Waals surface area contributed by atoms with Crippen molar-refractivity contribution in [2.24, 2.45) is 0 Å². The Balaban J connectivity index is 1.91. The molecule has 108 valence electrons. The second kappa shape index (κ2) is 6.32. The number of likely N-dealkylation sites (N-methyl/N-ethyl adjacent to an activating group) is 1. The zero-order valence-electron chi connectivity index (χ0n) is 11.4. The van der Waals surface area contributed by atoms with E-state index in [1.165, 1.54) is 4.70 Å². The van der Waals surface area contributed by atoms with Crippen LogP contribution in [0.3, 0.4) is 0 Å². The smallest absolute Gasteiger partial charge is 0.0957 e. The van der Waals surface area contributed by atoms with Crippen LogP contribution in [0.25, 0.3) is 10.2 Å². The van der Waals surface area contributed by atoms with Gasteiger partial charge in [-0.1, -0.05) is 35.3 Å². The Labute approximate surface area is 137 Å². The molecule has 1 heterocycles. The number of nitrogens with one attached hydrogen (secondary N) is 1. The van der Waals surface area contributed by atoms with Crippen LogP contribution in [0.15, 0.2) is 42.5 Å². The predicted octanol–water partition coefficient (Wildman–Crippen LogP) is 5.11. The summed E-state index contributed by atoms with van der Waals surface area (Å²) in [7, 11) is 1.93. The van der Waals surface area contributed by atoms with Crippen LogP contribution in [0.2, 0.25) is 10.0 Å². The molecule has 0 aliphatic carbocycles. The van der Waals surface area contributed by atoms with E-state index in [9.17, 15) is 0 Å². The highest BCUT2D eigenvalue weighted by Crippen LogP contribution is 2.30. The summed E-state index contributed by atoms with van der Waals surface area (Å²) in [5, 5.41) is 5.81. The molecule has 21 heavy (non-hydrogen) atoms. The molecule has 5 heteroatoms. The minimum Gasteiger partial charge on any atom is -0.313 e. The molecular formula is C16H14Cl2N2S. The number of halogens is 2. The van der Waals surface area contributed by atoms with Crippen LogP contribution in [-0.2, 0) is 6.42 Å². The fourth-order valence-electron chi connectivity index (χ4n) is 2.33. The molecule has 0 spiro atoms. The lowest BCUT2D eigenvalue weighted by Crippen LogP contribution is -2.19. The summed E-state index contributed by atoms with van der Waals surface area (Å²) >= 11 is 14.1. The van der Waals surface area contributed by atoms with Crippen molar-refractivity contribution in [1.29, 1.82) is 0 Å². The summed E-state index contributed by atoms with van der Waals surface area (Å²) in [6, 6.07) is 13.8. The van der Waals surface area contributed by atoms with E-state index in [2.05, 4.69) is 16.4 Å². The van der Waals surface area contributed by atoms with Gasteiger partial charge in [0.25, 0.3) is 0 Å². The maximum absolute atomic E-state index is 6.30. The molecule has 0 aliphatic heterocycles. The van der Waals surface area contributed by atoms with Gasteiger partial charge in [0.2, 0.25) is 0 Å². The Bertz CT molecular complexity index is 737. The fraction of sp³-hybridized carbons (Fsp3) is 0.188. The minimum atomic E-state index is 0.0942. The van der Waals surface area contributed by atoms with Crippen molar-refractivity contribution in [3.05, 3.63) is 63.1 Å². The molecule has 2 nitrogen and oxygen atoms in total. The van der Waals surface area contributed by atoms with Gasteiger partial charge in [0.1, 0.15) is 0 Å². The van der Waals surface area contributed by atoms with Crippen LogP contribution in [0, 0.1) is 0 Å². The lowest BCUT2D eigenvalue weighted by Gasteiger charge is -2.17. The van der Waals surface area contributed by atoms with Crippen molar-refractivity contribution in [1.82, 2.24) is 10.3 Å². The molecule has 3 aromatic rings. The van der Waals surface area contributed by atoms with E-state index in [1.807, 2.05) is 37.4 Å².